The van der Waals surface area contributed by atoms with Gasteiger partial charge in [0.1, 0.15) is 6.04 Å². The minimum atomic E-state index is -4.17. The quantitative estimate of drug-likeness (QED) is 0.663. The van der Waals surface area contributed by atoms with E-state index in [9.17, 15) is 28.0 Å². The molecule has 32 heavy (non-hydrogen) atoms. The van der Waals surface area contributed by atoms with Gasteiger partial charge in [0, 0.05) is 35.6 Å². The number of hydrogen-bond donors (Lipinski definition) is 2. The predicted octanol–water partition coefficient (Wildman–Crippen LogP) is 2.51. The van der Waals surface area contributed by atoms with Crippen LogP contribution in [0.4, 0.5) is 8.78 Å². The molecule has 10 heteroatoms. The predicted molar refractivity (Wildman–Crippen MR) is 110 cm³/mol. The fourth-order valence-electron chi connectivity index (χ4n) is 3.52. The molecule has 4 rings (SSSR count). The number of rotatable bonds is 5. The van der Waals surface area contributed by atoms with Gasteiger partial charge in [-0.05, 0) is 35.7 Å². The van der Waals surface area contributed by atoms with E-state index in [1.165, 1.54) is 0 Å². The van der Waals surface area contributed by atoms with Crippen LogP contribution in [0, 0.1) is 0 Å². The van der Waals surface area contributed by atoms with Gasteiger partial charge in [0.25, 0.3) is 11.8 Å². The number of halogens is 3. The first-order chi connectivity index (χ1) is 16.8. The van der Waals surface area contributed by atoms with Gasteiger partial charge < -0.3 is 10.2 Å². The van der Waals surface area contributed by atoms with Gasteiger partial charge in [-0.1, -0.05) is 35.8 Å². The van der Waals surface area contributed by atoms with Crippen LogP contribution in [0.1, 0.15) is 44.0 Å². The highest BCUT2D eigenvalue weighted by atomic mass is 35.5. The van der Waals surface area contributed by atoms with Gasteiger partial charge in [-0.2, -0.15) is 8.78 Å². The molecule has 0 aromatic heterocycles. The Hall–Kier alpha value is -3.33. The normalized spacial score (nSPS) is 21.2. The molecule has 2 aliphatic rings. The Morgan fingerprint density at radius 2 is 2.03 bits per heavy atom. The topological polar surface area (TPSA) is 95.6 Å². The molecular weight excluding hydrogens is 444 g/mol. The van der Waals surface area contributed by atoms with Crippen LogP contribution in [0.3, 0.4) is 0 Å². The van der Waals surface area contributed by atoms with Crippen molar-refractivity contribution in [1.29, 1.82) is 0 Å². The summed E-state index contributed by atoms with van der Waals surface area (Å²) in [6.07, 6.45) is 0.0694. The first-order valence-corrected chi connectivity index (χ1v) is 9.88. The Labute approximate surface area is 192 Å². The molecule has 2 atom stereocenters. The van der Waals surface area contributed by atoms with Crippen molar-refractivity contribution in [2.24, 2.45) is 0 Å². The number of carbonyl (C=O) groups is 4. The number of imide groups is 1. The highest BCUT2D eigenvalue weighted by Crippen LogP contribution is 2.30. The van der Waals surface area contributed by atoms with Crippen molar-refractivity contribution in [3.05, 3.63) is 69.7 Å². The first kappa shape index (κ1) is 17.3. The van der Waals surface area contributed by atoms with Gasteiger partial charge in [-0.15, -0.1) is 0 Å². The van der Waals surface area contributed by atoms with Crippen molar-refractivity contribution in [2.45, 2.75) is 37.9 Å². The van der Waals surface area contributed by atoms with Crippen molar-refractivity contribution in [2.75, 3.05) is 0 Å². The lowest BCUT2D eigenvalue weighted by atomic mass is 10.0. The second-order valence-electron chi connectivity index (χ2n) is 7.29. The van der Waals surface area contributed by atoms with Crippen LogP contribution >= 0.6 is 11.6 Å². The number of amides is 4. The molecule has 0 aliphatic carbocycles. The van der Waals surface area contributed by atoms with Crippen molar-refractivity contribution in [3.63, 3.8) is 0 Å². The smallest absolute Gasteiger partial charge is 0.346 e. The Bertz CT molecular complexity index is 1300. The van der Waals surface area contributed by atoms with Crippen molar-refractivity contribution in [1.82, 2.24) is 15.5 Å². The molecule has 2 unspecified atom stereocenters. The van der Waals surface area contributed by atoms with Crippen LogP contribution in [0.5, 0.6) is 0 Å². The Balaban J connectivity index is 1.62. The minimum absolute atomic E-state index is 0.00570. The van der Waals surface area contributed by atoms with E-state index in [4.69, 9.17) is 17.1 Å². The largest absolute Gasteiger partial charge is 0.349 e. The average Bonchev–Trinajstić information content (AvgIpc) is 3.16. The third-order valence-corrected chi connectivity index (χ3v) is 5.43. The maximum atomic E-state index is 14.7. The second kappa shape index (κ2) is 8.31. The van der Waals surface area contributed by atoms with Crippen molar-refractivity contribution in [3.8, 4) is 0 Å². The summed E-state index contributed by atoms with van der Waals surface area (Å²) in [7, 11) is 0. The molecule has 4 amide bonds. The highest BCUT2D eigenvalue weighted by molar-refractivity contribution is 6.30. The summed E-state index contributed by atoms with van der Waals surface area (Å²) in [5.74, 6) is -8.09. The Kier molecular flexibility index (Phi) is 4.48. The summed E-state index contributed by atoms with van der Waals surface area (Å²) in [4.78, 5) is 50.2. The SMILES string of the molecule is [2H]c1c(C([2H])N([2H])C(=O)C(F)(F)c2ccc(Cl)cc2)cc2c(c1[2H])C(=O)N(C1CCC(=O)NC1=O)C2. The zero-order valence-corrected chi connectivity index (χ0v) is 17.1. The van der Waals surface area contributed by atoms with Crippen LogP contribution in [0.15, 0.2) is 42.4 Å². The molecule has 7 nitrogen and oxygen atoms in total. The van der Waals surface area contributed by atoms with Crippen molar-refractivity contribution < 1.29 is 33.5 Å². The van der Waals surface area contributed by atoms with Crippen LogP contribution in [-0.2, 0) is 33.4 Å². The van der Waals surface area contributed by atoms with E-state index in [1.807, 2.05) is 0 Å². The minimum Gasteiger partial charge on any atom is -0.346 e. The maximum absolute atomic E-state index is 14.7. The summed E-state index contributed by atoms with van der Waals surface area (Å²) < 4.78 is 62.1. The molecule has 0 bridgehead atoms. The number of nitrogens with zero attached hydrogens (tertiary/aromatic N) is 1. The fourth-order valence-corrected chi connectivity index (χ4v) is 3.64. The number of nitrogens with one attached hydrogen (secondary N) is 2. The molecule has 2 aromatic rings. The third-order valence-electron chi connectivity index (χ3n) is 5.18. The monoisotopic (exact) mass is 465 g/mol. The Morgan fingerprint density at radius 1 is 1.31 bits per heavy atom. The molecule has 2 N–H and O–H groups in total. The molecule has 166 valence electrons. The van der Waals surface area contributed by atoms with Gasteiger partial charge in [0.2, 0.25) is 11.8 Å². The van der Waals surface area contributed by atoms with Crippen LogP contribution in [0.25, 0.3) is 0 Å². The average molecular weight is 466 g/mol. The van der Waals surface area contributed by atoms with Crippen molar-refractivity contribution >= 4 is 35.2 Å². The molecule has 0 radical (unpaired) electrons. The lowest BCUT2D eigenvalue weighted by molar-refractivity contribution is -0.147. The van der Waals surface area contributed by atoms with Gasteiger partial charge in [0.05, 0.1) is 4.11 Å². The van der Waals surface area contributed by atoms with Crippen LogP contribution in [-0.4, -0.2) is 34.6 Å². The first-order valence-electron chi connectivity index (χ1n) is 11.5. The van der Waals surface area contributed by atoms with E-state index in [-0.39, 0.29) is 40.8 Å². The molecule has 2 aromatic carbocycles. The molecule has 1 saturated heterocycles. The summed E-state index contributed by atoms with van der Waals surface area (Å²) >= 11 is 5.69. The highest BCUT2D eigenvalue weighted by Gasteiger charge is 2.41. The number of carbonyl (C=O) groups excluding carboxylic acids is 4. The molecule has 0 spiro atoms. The number of benzene rings is 2. The number of hydrogen-bond acceptors (Lipinski definition) is 4. The number of fused-ring (bicyclic) bond motifs is 1. The summed E-state index contributed by atoms with van der Waals surface area (Å²) in [6, 6.07) is 2.95. The van der Waals surface area contributed by atoms with E-state index < -0.39 is 65.3 Å². The third kappa shape index (κ3) is 4.08. The van der Waals surface area contributed by atoms with E-state index >= 15 is 0 Å². The van der Waals surface area contributed by atoms with Crippen LogP contribution in [0.2, 0.25) is 6.43 Å². The summed E-state index contributed by atoms with van der Waals surface area (Å²) in [5.41, 5.74) is -1.21. The lowest BCUT2D eigenvalue weighted by Gasteiger charge is -2.29. The van der Waals surface area contributed by atoms with Gasteiger partial charge >= 0.3 is 5.92 Å². The lowest BCUT2D eigenvalue weighted by Crippen LogP contribution is -2.52. The molecular formula is C22H18ClF2N3O4. The van der Waals surface area contributed by atoms with E-state index in [0.717, 1.165) is 35.2 Å². The second-order valence-corrected chi connectivity index (χ2v) is 7.73. The standard InChI is InChI=1S/C22H18ClF2N3O4/c23-15-4-2-14(3-5-15)22(24,25)21(32)26-10-12-1-6-16-13(9-12)11-28(20(16)31)17-7-8-18(29)27-19(17)30/h1-6,9,17H,7-8,10-11H2,(H,26,32)(H,27,29,30)/i1D,6D,10D/hD. The number of piperidine rings is 1. The molecule has 2 heterocycles. The molecule has 0 saturated carbocycles. The van der Waals surface area contributed by atoms with Gasteiger partial charge in [-0.3, -0.25) is 24.5 Å². The molecule has 1 fully saturated rings. The van der Waals surface area contributed by atoms with E-state index in [0.29, 0.717) is 0 Å². The molecule has 2 aliphatic heterocycles. The number of alkyl halides is 2. The zero-order valence-electron chi connectivity index (χ0n) is 20.3. The van der Waals surface area contributed by atoms with Gasteiger partial charge in [0.15, 0.2) is 1.41 Å². The van der Waals surface area contributed by atoms with E-state index in [2.05, 4.69) is 5.32 Å². The summed E-state index contributed by atoms with van der Waals surface area (Å²) in [6.45, 7) is -2.31. The zero-order chi connectivity index (χ0) is 26.5. The fraction of sp³-hybridized carbons (Fsp3) is 0.273. The van der Waals surface area contributed by atoms with E-state index in [1.54, 1.807) is 0 Å². The maximum Gasteiger partial charge on any atom is 0.349 e. The van der Waals surface area contributed by atoms with Gasteiger partial charge in [-0.25, -0.2) is 0 Å². The van der Waals surface area contributed by atoms with Crippen LogP contribution < -0.4 is 10.6 Å². The Morgan fingerprint density at radius 3 is 2.72 bits per heavy atom. The summed E-state index contributed by atoms with van der Waals surface area (Å²) in [5, 5.41) is 2.00.